The fraction of sp³-hybridized carbons (Fsp3) is 0.429. The molecule has 1 unspecified atom stereocenters. The molecule has 0 bridgehead atoms. The summed E-state index contributed by atoms with van der Waals surface area (Å²) in [5.41, 5.74) is 6.02. The number of amidine groups is 1. The number of oxime groups is 1. The molecule has 0 saturated heterocycles. The molecule has 0 fully saturated rings. The highest BCUT2D eigenvalue weighted by Crippen LogP contribution is 2.17. The number of nitrogens with two attached hydrogens (primary N) is 1. The average Bonchev–Trinajstić information content (AvgIpc) is 2.51. The molecule has 1 atom stereocenters. The number of amides is 1. The van der Waals surface area contributed by atoms with Crippen LogP contribution in [-0.4, -0.2) is 53.6 Å². The lowest BCUT2D eigenvalue weighted by atomic mass is 10.2. The Balaban J connectivity index is 2.69. The van der Waals surface area contributed by atoms with Gasteiger partial charge in [0.2, 0.25) is 0 Å². The number of carbonyl (C=O) groups is 1. The summed E-state index contributed by atoms with van der Waals surface area (Å²) in [4.78, 5) is 13.7. The van der Waals surface area contributed by atoms with Gasteiger partial charge in [0.05, 0.1) is 5.56 Å². The lowest BCUT2D eigenvalue weighted by Gasteiger charge is -2.24. The molecule has 7 heteroatoms. The Labute approximate surface area is 128 Å². The lowest BCUT2D eigenvalue weighted by Crippen LogP contribution is -2.39. The largest absolute Gasteiger partial charge is 0.483 e. The molecule has 0 aliphatic heterocycles. The molecule has 0 radical (unpaired) electrons. The molecule has 0 aliphatic rings. The van der Waals surface area contributed by atoms with E-state index in [0.717, 1.165) is 5.75 Å². The molecule has 0 saturated carbocycles. The molecule has 0 aliphatic carbocycles. The third kappa shape index (κ3) is 4.86. The summed E-state index contributed by atoms with van der Waals surface area (Å²) >= 11 is 1.68. The van der Waals surface area contributed by atoms with Crippen molar-refractivity contribution in [1.29, 1.82) is 0 Å². The van der Waals surface area contributed by atoms with Crippen molar-refractivity contribution in [3.63, 3.8) is 0 Å². The van der Waals surface area contributed by atoms with E-state index in [9.17, 15) is 4.79 Å². The highest BCUT2D eigenvalue weighted by Gasteiger charge is 2.16. The number of hydrogen-bond donors (Lipinski definition) is 2. The minimum atomic E-state index is -0.120. The molecule has 6 nitrogen and oxygen atoms in total. The molecule has 21 heavy (non-hydrogen) atoms. The normalized spacial score (nSPS) is 12.8. The van der Waals surface area contributed by atoms with Gasteiger partial charge in [-0.1, -0.05) is 17.3 Å². The molecule has 1 aromatic rings. The van der Waals surface area contributed by atoms with Crippen molar-refractivity contribution in [2.75, 3.05) is 25.7 Å². The molecule has 116 valence electrons. The van der Waals surface area contributed by atoms with Crippen molar-refractivity contribution >= 4 is 23.5 Å². The van der Waals surface area contributed by atoms with E-state index >= 15 is 0 Å². The van der Waals surface area contributed by atoms with Gasteiger partial charge in [-0.25, -0.2) is 0 Å². The third-order valence-electron chi connectivity index (χ3n) is 3.08. The molecule has 3 N–H and O–H groups in total. The first-order chi connectivity index (χ1) is 10.0. The Bertz CT molecular complexity index is 508. The monoisotopic (exact) mass is 311 g/mol. The van der Waals surface area contributed by atoms with Crippen LogP contribution >= 0.6 is 11.8 Å². The van der Waals surface area contributed by atoms with Gasteiger partial charge >= 0.3 is 0 Å². The van der Waals surface area contributed by atoms with Gasteiger partial charge in [0.1, 0.15) is 5.75 Å². The second-order valence-electron chi connectivity index (χ2n) is 4.58. The zero-order valence-electron chi connectivity index (χ0n) is 12.4. The van der Waals surface area contributed by atoms with E-state index in [1.165, 1.54) is 0 Å². The van der Waals surface area contributed by atoms with Crippen LogP contribution in [0.4, 0.5) is 0 Å². The van der Waals surface area contributed by atoms with E-state index < -0.39 is 0 Å². The summed E-state index contributed by atoms with van der Waals surface area (Å²) in [6.07, 6.45) is 2.00. The summed E-state index contributed by atoms with van der Waals surface area (Å²) in [7, 11) is 1.75. The maximum absolute atomic E-state index is 12.1. The number of para-hydroxylation sites is 1. The highest BCUT2D eigenvalue weighted by atomic mass is 32.2. The van der Waals surface area contributed by atoms with Crippen LogP contribution in [0.3, 0.4) is 0 Å². The van der Waals surface area contributed by atoms with Gasteiger partial charge in [-0.3, -0.25) is 4.79 Å². The molecule has 0 aromatic heterocycles. The van der Waals surface area contributed by atoms with Gasteiger partial charge in [-0.2, -0.15) is 11.8 Å². The SMILES string of the molecule is CSCC(C)N(C)C(=O)COc1ccccc1/C(N)=N/O. The molecule has 0 heterocycles. The van der Waals surface area contributed by atoms with Crippen LogP contribution in [0.1, 0.15) is 12.5 Å². The summed E-state index contributed by atoms with van der Waals surface area (Å²) in [6.45, 7) is 1.89. The maximum atomic E-state index is 12.1. The quantitative estimate of drug-likeness (QED) is 0.344. The maximum Gasteiger partial charge on any atom is 0.260 e. The number of hydrogen-bond acceptors (Lipinski definition) is 5. The number of ether oxygens (including phenoxy) is 1. The van der Waals surface area contributed by atoms with Crippen LogP contribution in [0.2, 0.25) is 0 Å². The zero-order valence-corrected chi connectivity index (χ0v) is 13.3. The first-order valence-corrected chi connectivity index (χ1v) is 7.85. The van der Waals surface area contributed by atoms with E-state index in [1.807, 2.05) is 13.2 Å². The molecular formula is C14H21N3O3S. The highest BCUT2D eigenvalue weighted by molar-refractivity contribution is 7.98. The molecule has 1 rings (SSSR count). The zero-order chi connectivity index (χ0) is 15.8. The second kappa shape index (κ2) is 8.41. The Hall–Kier alpha value is -1.89. The van der Waals surface area contributed by atoms with Crippen LogP contribution in [0, 0.1) is 0 Å². The number of rotatable bonds is 7. The Morgan fingerprint density at radius 1 is 1.52 bits per heavy atom. The van der Waals surface area contributed by atoms with Crippen molar-refractivity contribution in [3.8, 4) is 5.75 Å². The Morgan fingerprint density at radius 2 is 2.19 bits per heavy atom. The van der Waals surface area contributed by atoms with Crippen LogP contribution in [-0.2, 0) is 4.79 Å². The van der Waals surface area contributed by atoms with Crippen molar-refractivity contribution in [2.24, 2.45) is 10.9 Å². The molecular weight excluding hydrogens is 290 g/mol. The second-order valence-corrected chi connectivity index (χ2v) is 5.49. The number of likely N-dealkylation sites (N-methyl/N-ethyl adjacent to an activating group) is 1. The predicted octanol–water partition coefficient (Wildman–Crippen LogP) is 1.37. The first kappa shape index (κ1) is 17.2. The van der Waals surface area contributed by atoms with E-state index in [0.29, 0.717) is 11.3 Å². The average molecular weight is 311 g/mol. The van der Waals surface area contributed by atoms with Crippen LogP contribution < -0.4 is 10.5 Å². The number of thioether (sulfide) groups is 1. The summed E-state index contributed by atoms with van der Waals surface area (Å²) in [6, 6.07) is 6.97. The smallest absolute Gasteiger partial charge is 0.260 e. The topological polar surface area (TPSA) is 88.2 Å². The standard InChI is InChI=1S/C14H21N3O3S/c1-10(9-21-3)17(2)13(18)8-20-12-7-5-4-6-11(12)14(15)16-19/h4-7,10,19H,8-9H2,1-3H3,(H2,15,16). The first-order valence-electron chi connectivity index (χ1n) is 6.45. The van der Waals surface area contributed by atoms with E-state index in [-0.39, 0.29) is 24.4 Å². The van der Waals surface area contributed by atoms with Crippen LogP contribution in [0.15, 0.2) is 29.4 Å². The van der Waals surface area contributed by atoms with Crippen molar-refractivity contribution < 1.29 is 14.7 Å². The number of nitrogens with zero attached hydrogens (tertiary/aromatic N) is 2. The van der Waals surface area contributed by atoms with Crippen LogP contribution in [0.25, 0.3) is 0 Å². The Morgan fingerprint density at radius 3 is 2.81 bits per heavy atom. The van der Waals surface area contributed by atoms with Gasteiger partial charge in [0.25, 0.3) is 5.91 Å². The van der Waals surface area contributed by atoms with Crippen molar-refractivity contribution in [1.82, 2.24) is 4.90 Å². The van der Waals surface area contributed by atoms with Crippen molar-refractivity contribution in [3.05, 3.63) is 29.8 Å². The van der Waals surface area contributed by atoms with Gasteiger partial charge < -0.3 is 20.6 Å². The fourth-order valence-corrected chi connectivity index (χ4v) is 2.40. The predicted molar refractivity (Wildman–Crippen MR) is 85.1 cm³/mol. The van der Waals surface area contributed by atoms with Gasteiger partial charge in [0.15, 0.2) is 12.4 Å². The number of benzene rings is 1. The van der Waals surface area contributed by atoms with Gasteiger partial charge in [-0.15, -0.1) is 0 Å². The third-order valence-corrected chi connectivity index (χ3v) is 3.90. The van der Waals surface area contributed by atoms with Gasteiger partial charge in [-0.05, 0) is 25.3 Å². The summed E-state index contributed by atoms with van der Waals surface area (Å²) < 4.78 is 5.50. The van der Waals surface area contributed by atoms with Crippen LogP contribution in [0.5, 0.6) is 5.75 Å². The minimum Gasteiger partial charge on any atom is -0.483 e. The number of carbonyl (C=O) groups excluding carboxylic acids is 1. The Kier molecular flexibility index (Phi) is 6.87. The minimum absolute atomic E-state index is 0.0536. The van der Waals surface area contributed by atoms with Crippen molar-refractivity contribution in [2.45, 2.75) is 13.0 Å². The molecule has 1 amide bonds. The van der Waals surface area contributed by atoms with E-state index in [4.69, 9.17) is 15.7 Å². The summed E-state index contributed by atoms with van der Waals surface area (Å²) in [5, 5.41) is 11.7. The molecule has 0 spiro atoms. The molecule has 1 aromatic carbocycles. The van der Waals surface area contributed by atoms with E-state index in [1.54, 1.807) is 48.0 Å². The lowest BCUT2D eigenvalue weighted by molar-refractivity contribution is -0.133. The van der Waals surface area contributed by atoms with E-state index in [2.05, 4.69) is 5.16 Å². The van der Waals surface area contributed by atoms with Gasteiger partial charge in [0, 0.05) is 18.8 Å². The summed E-state index contributed by atoms with van der Waals surface area (Å²) in [5.74, 6) is 1.10. The fourth-order valence-electron chi connectivity index (χ4n) is 1.70.